The molecule has 0 aliphatic carbocycles. The largest absolute Gasteiger partial charge is 0.346 e. The summed E-state index contributed by atoms with van der Waals surface area (Å²) in [6.45, 7) is 3.22. The number of rotatable bonds is 5. The Kier molecular flexibility index (Phi) is 5.84. The highest BCUT2D eigenvalue weighted by Crippen LogP contribution is 2.25. The van der Waals surface area contributed by atoms with Gasteiger partial charge in [-0.15, -0.1) is 0 Å². The van der Waals surface area contributed by atoms with Crippen LogP contribution < -0.4 is 5.32 Å². The normalized spacial score (nSPS) is 15.2. The lowest BCUT2D eigenvalue weighted by molar-refractivity contribution is -0.128. The fraction of sp³-hybridized carbons (Fsp3) is 0.300. The molecule has 0 spiro atoms. The van der Waals surface area contributed by atoms with E-state index in [2.05, 4.69) is 5.32 Å². The van der Waals surface area contributed by atoms with Crippen LogP contribution in [0.1, 0.15) is 47.3 Å². The Balaban J connectivity index is 1.68. The fourth-order valence-electron chi connectivity index (χ4n) is 3.05. The van der Waals surface area contributed by atoms with Crippen molar-refractivity contribution < 1.29 is 9.59 Å². The lowest BCUT2D eigenvalue weighted by atomic mass is 10.1. The van der Waals surface area contributed by atoms with Crippen LogP contribution in [0, 0.1) is 0 Å². The van der Waals surface area contributed by atoms with E-state index in [1.807, 2.05) is 36.1 Å². The molecule has 1 N–H and O–H groups in total. The minimum atomic E-state index is -0.207. The van der Waals surface area contributed by atoms with Gasteiger partial charge in [0.1, 0.15) is 0 Å². The molecule has 1 unspecified atom stereocenters. The van der Waals surface area contributed by atoms with Gasteiger partial charge in [0.05, 0.1) is 16.1 Å². The van der Waals surface area contributed by atoms with Crippen molar-refractivity contribution in [1.29, 1.82) is 0 Å². The quantitative estimate of drug-likeness (QED) is 0.810. The molecular weight excluding hydrogens is 371 g/mol. The lowest BCUT2D eigenvalue weighted by Gasteiger charge is -2.17. The zero-order chi connectivity index (χ0) is 18.7. The second kappa shape index (κ2) is 8.11. The molecule has 0 aromatic heterocycles. The van der Waals surface area contributed by atoms with E-state index in [1.165, 1.54) is 0 Å². The number of benzene rings is 2. The predicted molar refractivity (Wildman–Crippen MR) is 103 cm³/mol. The number of hydrogen-bond donors (Lipinski definition) is 1. The Morgan fingerprint density at radius 1 is 1.19 bits per heavy atom. The second-order valence-electron chi connectivity index (χ2n) is 6.49. The Morgan fingerprint density at radius 3 is 2.69 bits per heavy atom. The van der Waals surface area contributed by atoms with Crippen LogP contribution in [0.2, 0.25) is 10.0 Å². The lowest BCUT2D eigenvalue weighted by Crippen LogP contribution is -2.27. The molecule has 1 saturated heterocycles. The highest BCUT2D eigenvalue weighted by Gasteiger charge is 2.20. The van der Waals surface area contributed by atoms with E-state index in [0.717, 1.165) is 24.1 Å². The summed E-state index contributed by atoms with van der Waals surface area (Å²) in [5.41, 5.74) is 2.41. The molecule has 1 heterocycles. The Bertz CT molecular complexity index is 838. The average Bonchev–Trinajstić information content (AvgIpc) is 3.02. The smallest absolute Gasteiger partial charge is 0.251 e. The number of nitrogens with zero attached hydrogens (tertiary/aromatic N) is 1. The SMILES string of the molecule is CC(NC(=O)c1cccc(CN2CCCC2=O)c1)c1ccc(Cl)c(Cl)c1. The van der Waals surface area contributed by atoms with Crippen molar-refractivity contribution in [3.8, 4) is 0 Å². The first kappa shape index (κ1) is 18.7. The summed E-state index contributed by atoms with van der Waals surface area (Å²) in [6.07, 6.45) is 1.52. The molecule has 1 aliphatic rings. The summed E-state index contributed by atoms with van der Waals surface area (Å²) in [4.78, 5) is 26.2. The van der Waals surface area contributed by atoms with E-state index in [1.54, 1.807) is 18.2 Å². The predicted octanol–water partition coefficient (Wildman–Crippen LogP) is 4.61. The van der Waals surface area contributed by atoms with Gasteiger partial charge in [-0.1, -0.05) is 41.4 Å². The van der Waals surface area contributed by atoms with Crippen molar-refractivity contribution in [2.75, 3.05) is 6.54 Å². The standard InChI is InChI=1S/C20H20Cl2N2O2/c1-13(15-7-8-17(21)18(22)11-15)23-20(26)16-5-2-4-14(10-16)12-24-9-3-6-19(24)25/h2,4-5,7-8,10-11,13H,3,6,9,12H2,1H3,(H,23,26). The van der Waals surface area contributed by atoms with Crippen molar-refractivity contribution >= 4 is 35.0 Å². The number of halogens is 2. The molecule has 2 aromatic rings. The molecule has 0 bridgehead atoms. The van der Waals surface area contributed by atoms with Crippen molar-refractivity contribution in [2.24, 2.45) is 0 Å². The molecule has 1 fully saturated rings. The molecule has 26 heavy (non-hydrogen) atoms. The maximum Gasteiger partial charge on any atom is 0.251 e. The third-order valence-corrected chi connectivity index (χ3v) is 5.26. The van der Waals surface area contributed by atoms with Gasteiger partial charge in [-0.3, -0.25) is 9.59 Å². The van der Waals surface area contributed by atoms with Crippen LogP contribution in [0.15, 0.2) is 42.5 Å². The van der Waals surface area contributed by atoms with Crippen molar-refractivity contribution in [1.82, 2.24) is 10.2 Å². The molecule has 1 aliphatic heterocycles. The second-order valence-corrected chi connectivity index (χ2v) is 7.30. The maximum atomic E-state index is 12.6. The first-order valence-corrected chi connectivity index (χ1v) is 9.32. The van der Waals surface area contributed by atoms with Crippen LogP contribution in [0.5, 0.6) is 0 Å². The summed E-state index contributed by atoms with van der Waals surface area (Å²) in [7, 11) is 0. The van der Waals surface area contributed by atoms with Crippen molar-refractivity contribution in [2.45, 2.75) is 32.4 Å². The van der Waals surface area contributed by atoms with Gasteiger partial charge >= 0.3 is 0 Å². The molecule has 0 saturated carbocycles. The molecule has 2 amide bonds. The third kappa shape index (κ3) is 4.37. The number of likely N-dealkylation sites (tertiary alicyclic amines) is 1. The summed E-state index contributed by atoms with van der Waals surface area (Å²) >= 11 is 12.0. The summed E-state index contributed by atoms with van der Waals surface area (Å²) in [5.74, 6) is 0.00580. The van der Waals surface area contributed by atoms with E-state index in [0.29, 0.717) is 28.6 Å². The number of amides is 2. The van der Waals surface area contributed by atoms with Gasteiger partial charge in [0.25, 0.3) is 5.91 Å². The molecule has 0 radical (unpaired) electrons. The van der Waals surface area contributed by atoms with E-state index in [-0.39, 0.29) is 17.9 Å². The van der Waals surface area contributed by atoms with Gasteiger partial charge < -0.3 is 10.2 Å². The first-order chi connectivity index (χ1) is 12.4. The van der Waals surface area contributed by atoms with Gasteiger partial charge in [0.2, 0.25) is 5.91 Å². The zero-order valence-electron chi connectivity index (χ0n) is 14.5. The molecule has 4 nitrogen and oxygen atoms in total. The summed E-state index contributed by atoms with van der Waals surface area (Å²) in [5, 5.41) is 3.91. The molecular formula is C20H20Cl2N2O2. The van der Waals surface area contributed by atoms with E-state index >= 15 is 0 Å². The average molecular weight is 391 g/mol. The molecule has 1 atom stereocenters. The third-order valence-electron chi connectivity index (χ3n) is 4.53. The maximum absolute atomic E-state index is 12.6. The van der Waals surface area contributed by atoms with E-state index in [9.17, 15) is 9.59 Å². The first-order valence-electron chi connectivity index (χ1n) is 8.56. The van der Waals surface area contributed by atoms with Crippen LogP contribution >= 0.6 is 23.2 Å². The Morgan fingerprint density at radius 2 is 2.00 bits per heavy atom. The number of carbonyl (C=O) groups excluding carboxylic acids is 2. The summed E-state index contributed by atoms with van der Waals surface area (Å²) in [6, 6.07) is 12.5. The molecule has 136 valence electrons. The fourth-order valence-corrected chi connectivity index (χ4v) is 3.35. The van der Waals surface area contributed by atoms with Crippen LogP contribution in [0.4, 0.5) is 0 Å². The van der Waals surface area contributed by atoms with Crippen LogP contribution in [-0.4, -0.2) is 23.3 Å². The van der Waals surface area contributed by atoms with Gasteiger partial charge in [0, 0.05) is 25.1 Å². The van der Waals surface area contributed by atoms with Crippen LogP contribution in [-0.2, 0) is 11.3 Å². The van der Waals surface area contributed by atoms with E-state index in [4.69, 9.17) is 23.2 Å². The summed E-state index contributed by atoms with van der Waals surface area (Å²) < 4.78 is 0. The number of carbonyl (C=O) groups is 2. The molecule has 6 heteroatoms. The highest BCUT2D eigenvalue weighted by molar-refractivity contribution is 6.42. The minimum Gasteiger partial charge on any atom is -0.346 e. The van der Waals surface area contributed by atoms with Gasteiger partial charge in [-0.2, -0.15) is 0 Å². The van der Waals surface area contributed by atoms with Crippen LogP contribution in [0.25, 0.3) is 0 Å². The molecule has 3 rings (SSSR count). The monoisotopic (exact) mass is 390 g/mol. The van der Waals surface area contributed by atoms with Crippen LogP contribution in [0.3, 0.4) is 0 Å². The topological polar surface area (TPSA) is 49.4 Å². The minimum absolute atomic E-state index is 0.168. The van der Waals surface area contributed by atoms with Gasteiger partial charge in [-0.25, -0.2) is 0 Å². The van der Waals surface area contributed by atoms with Gasteiger partial charge in [-0.05, 0) is 48.7 Å². The highest BCUT2D eigenvalue weighted by atomic mass is 35.5. The Labute approximate surface area is 163 Å². The molecule has 2 aromatic carbocycles. The number of nitrogens with one attached hydrogen (secondary N) is 1. The Hall–Kier alpha value is -2.04. The van der Waals surface area contributed by atoms with Gasteiger partial charge in [0.15, 0.2) is 0 Å². The van der Waals surface area contributed by atoms with Crippen molar-refractivity contribution in [3.63, 3.8) is 0 Å². The number of hydrogen-bond acceptors (Lipinski definition) is 2. The van der Waals surface area contributed by atoms with Crippen molar-refractivity contribution in [3.05, 3.63) is 69.2 Å². The van der Waals surface area contributed by atoms with E-state index < -0.39 is 0 Å². The zero-order valence-corrected chi connectivity index (χ0v) is 16.0.